The normalized spacial score (nSPS) is 9.62. The predicted octanol–water partition coefficient (Wildman–Crippen LogP) is 0.835. The van der Waals surface area contributed by atoms with Crippen molar-refractivity contribution in [2.75, 3.05) is 13.2 Å². The Morgan fingerprint density at radius 1 is 1.23 bits per heavy atom. The van der Waals surface area contributed by atoms with Gasteiger partial charge in [-0.25, -0.2) is 9.59 Å². The van der Waals surface area contributed by atoms with E-state index in [0.717, 1.165) is 12.2 Å². The minimum Gasteiger partial charge on any atom is -0.463 e. The molecule has 4 heteroatoms. The van der Waals surface area contributed by atoms with Gasteiger partial charge >= 0.3 is 11.9 Å². The van der Waals surface area contributed by atoms with Crippen LogP contribution in [0, 0.1) is 0 Å². The van der Waals surface area contributed by atoms with Crippen molar-refractivity contribution in [2.24, 2.45) is 0 Å². The molecule has 72 valence electrons. The summed E-state index contributed by atoms with van der Waals surface area (Å²) in [6, 6.07) is 0. The second kappa shape index (κ2) is 7.09. The van der Waals surface area contributed by atoms with E-state index in [1.54, 1.807) is 6.92 Å². The molecule has 0 aliphatic carbocycles. The molecular formula is C9H12O4. The molecule has 0 heterocycles. The van der Waals surface area contributed by atoms with Gasteiger partial charge in [-0.05, 0) is 6.92 Å². The molecule has 0 saturated carbocycles. The molecule has 0 amide bonds. The van der Waals surface area contributed by atoms with E-state index >= 15 is 0 Å². The average Bonchev–Trinajstić information content (AvgIpc) is 2.12. The van der Waals surface area contributed by atoms with Crippen molar-refractivity contribution in [3.63, 3.8) is 0 Å². The summed E-state index contributed by atoms with van der Waals surface area (Å²) in [6.45, 7) is 5.46. The molecule has 0 fully saturated rings. The number of carbonyl (C=O) groups is 2. The minimum absolute atomic E-state index is 0.131. The molecule has 0 aromatic carbocycles. The second-order valence-corrected chi connectivity index (χ2v) is 2.00. The maximum Gasteiger partial charge on any atom is 0.331 e. The van der Waals surface area contributed by atoms with Crippen LogP contribution in [0.15, 0.2) is 24.8 Å². The number of hydrogen-bond donors (Lipinski definition) is 0. The maximum atomic E-state index is 10.7. The molecule has 0 bridgehead atoms. The average molecular weight is 184 g/mol. The van der Waals surface area contributed by atoms with Gasteiger partial charge in [0.1, 0.15) is 6.61 Å². The summed E-state index contributed by atoms with van der Waals surface area (Å²) in [5.41, 5.74) is 0. The van der Waals surface area contributed by atoms with E-state index < -0.39 is 11.9 Å². The highest BCUT2D eigenvalue weighted by Gasteiger charge is 1.97. The fourth-order valence-electron chi connectivity index (χ4n) is 0.516. The predicted molar refractivity (Wildman–Crippen MR) is 46.9 cm³/mol. The first-order valence-electron chi connectivity index (χ1n) is 3.83. The van der Waals surface area contributed by atoms with E-state index in [4.69, 9.17) is 0 Å². The fourth-order valence-corrected chi connectivity index (χ4v) is 0.516. The molecule has 0 N–H and O–H groups in total. The van der Waals surface area contributed by atoms with Crippen molar-refractivity contribution in [2.45, 2.75) is 6.92 Å². The third-order valence-corrected chi connectivity index (χ3v) is 0.986. The summed E-state index contributed by atoms with van der Waals surface area (Å²) >= 11 is 0. The summed E-state index contributed by atoms with van der Waals surface area (Å²) in [5, 5.41) is 0. The number of hydrogen-bond acceptors (Lipinski definition) is 4. The van der Waals surface area contributed by atoms with Crippen molar-refractivity contribution in [3.8, 4) is 0 Å². The molecule has 0 radical (unpaired) electrons. The second-order valence-electron chi connectivity index (χ2n) is 2.00. The van der Waals surface area contributed by atoms with Crippen LogP contribution in [0.2, 0.25) is 0 Å². The van der Waals surface area contributed by atoms with E-state index in [0.29, 0.717) is 0 Å². The lowest BCUT2D eigenvalue weighted by Gasteiger charge is -1.96. The zero-order valence-electron chi connectivity index (χ0n) is 7.49. The van der Waals surface area contributed by atoms with Gasteiger partial charge < -0.3 is 9.47 Å². The van der Waals surface area contributed by atoms with Crippen LogP contribution in [-0.4, -0.2) is 25.2 Å². The van der Waals surface area contributed by atoms with Crippen LogP contribution in [0.4, 0.5) is 0 Å². The van der Waals surface area contributed by atoms with Gasteiger partial charge in [0.25, 0.3) is 0 Å². The molecule has 0 spiro atoms. The van der Waals surface area contributed by atoms with Crippen LogP contribution in [0.5, 0.6) is 0 Å². The first-order valence-corrected chi connectivity index (χ1v) is 3.83. The molecule has 0 atom stereocenters. The van der Waals surface area contributed by atoms with Crippen molar-refractivity contribution in [1.82, 2.24) is 0 Å². The zero-order valence-corrected chi connectivity index (χ0v) is 7.49. The van der Waals surface area contributed by atoms with E-state index in [2.05, 4.69) is 16.1 Å². The molecule has 0 aliphatic rings. The van der Waals surface area contributed by atoms with E-state index in [1.165, 1.54) is 6.08 Å². The summed E-state index contributed by atoms with van der Waals surface area (Å²) in [5.74, 6) is -1.15. The molecule has 0 rings (SSSR count). The summed E-state index contributed by atoms with van der Waals surface area (Å²) in [7, 11) is 0. The van der Waals surface area contributed by atoms with Crippen LogP contribution in [0.25, 0.3) is 0 Å². The van der Waals surface area contributed by atoms with Gasteiger partial charge in [0, 0.05) is 12.2 Å². The van der Waals surface area contributed by atoms with Gasteiger partial charge in [-0.3, -0.25) is 0 Å². The SMILES string of the molecule is C=CCOC(=O)/C=C\C(=O)OCC. The van der Waals surface area contributed by atoms with Crippen LogP contribution in [-0.2, 0) is 19.1 Å². The van der Waals surface area contributed by atoms with Gasteiger partial charge in [0.2, 0.25) is 0 Å². The van der Waals surface area contributed by atoms with Gasteiger partial charge in [-0.15, -0.1) is 0 Å². The highest BCUT2D eigenvalue weighted by molar-refractivity contribution is 5.91. The van der Waals surface area contributed by atoms with Crippen molar-refractivity contribution in [1.29, 1.82) is 0 Å². The Bertz CT molecular complexity index is 218. The summed E-state index contributed by atoms with van der Waals surface area (Å²) in [6.07, 6.45) is 3.48. The van der Waals surface area contributed by atoms with E-state index in [-0.39, 0.29) is 13.2 Å². The monoisotopic (exact) mass is 184 g/mol. The van der Waals surface area contributed by atoms with Gasteiger partial charge in [-0.1, -0.05) is 12.7 Å². The smallest absolute Gasteiger partial charge is 0.331 e. The molecule has 0 aromatic heterocycles. The minimum atomic E-state index is -0.590. The standard InChI is InChI=1S/C9H12O4/c1-3-7-13-9(11)6-5-8(10)12-4-2/h3,5-6H,1,4,7H2,2H3/b6-5-. The van der Waals surface area contributed by atoms with Crippen molar-refractivity contribution < 1.29 is 19.1 Å². The Kier molecular flexibility index (Phi) is 6.23. The molecule has 0 unspecified atom stereocenters. The van der Waals surface area contributed by atoms with E-state index in [1.807, 2.05) is 0 Å². The van der Waals surface area contributed by atoms with Gasteiger partial charge in [0.05, 0.1) is 6.61 Å². The Labute approximate surface area is 76.8 Å². The molecule has 13 heavy (non-hydrogen) atoms. The third kappa shape index (κ3) is 6.80. The van der Waals surface area contributed by atoms with Gasteiger partial charge in [0.15, 0.2) is 0 Å². The van der Waals surface area contributed by atoms with Crippen molar-refractivity contribution >= 4 is 11.9 Å². The summed E-state index contributed by atoms with van der Waals surface area (Å²) in [4.78, 5) is 21.4. The topological polar surface area (TPSA) is 52.6 Å². The highest BCUT2D eigenvalue weighted by atomic mass is 16.5. The third-order valence-electron chi connectivity index (χ3n) is 0.986. The highest BCUT2D eigenvalue weighted by Crippen LogP contribution is 1.85. The number of ether oxygens (including phenoxy) is 2. The molecule has 0 aliphatic heterocycles. The Morgan fingerprint density at radius 3 is 2.23 bits per heavy atom. The lowest BCUT2D eigenvalue weighted by atomic mass is 10.5. The fraction of sp³-hybridized carbons (Fsp3) is 0.333. The van der Waals surface area contributed by atoms with Crippen LogP contribution < -0.4 is 0 Å². The van der Waals surface area contributed by atoms with E-state index in [9.17, 15) is 9.59 Å². The number of esters is 2. The lowest BCUT2D eigenvalue weighted by molar-refractivity contribution is -0.139. The molecular weight excluding hydrogens is 172 g/mol. The Balaban J connectivity index is 3.75. The number of carbonyl (C=O) groups excluding carboxylic acids is 2. The quantitative estimate of drug-likeness (QED) is 0.361. The summed E-state index contributed by atoms with van der Waals surface area (Å²) < 4.78 is 9.11. The molecule has 0 saturated heterocycles. The van der Waals surface area contributed by atoms with Crippen LogP contribution in [0.1, 0.15) is 6.92 Å². The molecule has 4 nitrogen and oxygen atoms in total. The molecule has 0 aromatic rings. The van der Waals surface area contributed by atoms with Crippen LogP contribution in [0.3, 0.4) is 0 Å². The lowest BCUT2D eigenvalue weighted by Crippen LogP contribution is -2.03. The first-order chi connectivity index (χ1) is 6.20. The van der Waals surface area contributed by atoms with Crippen molar-refractivity contribution in [3.05, 3.63) is 24.8 Å². The zero-order chi connectivity index (χ0) is 10.1. The first kappa shape index (κ1) is 11.4. The van der Waals surface area contributed by atoms with Crippen LogP contribution >= 0.6 is 0 Å². The number of rotatable bonds is 5. The maximum absolute atomic E-state index is 10.7. The Hall–Kier alpha value is -1.58. The Morgan fingerprint density at radius 2 is 1.77 bits per heavy atom. The van der Waals surface area contributed by atoms with Gasteiger partial charge in [-0.2, -0.15) is 0 Å². The largest absolute Gasteiger partial charge is 0.463 e.